The van der Waals surface area contributed by atoms with Crippen molar-refractivity contribution in [1.82, 2.24) is 5.43 Å². The first-order valence-corrected chi connectivity index (χ1v) is 3.58. The minimum absolute atomic E-state index is 0.188. The van der Waals surface area contributed by atoms with Crippen LogP contribution >= 0.6 is 0 Å². The monoisotopic (exact) mass is 184 g/mol. The van der Waals surface area contributed by atoms with Gasteiger partial charge in [0.1, 0.15) is 5.82 Å². The predicted octanol–water partition coefficient (Wildman–Crippen LogP) is 1.51. The smallest absolute Gasteiger partial charge is 0.425 e. The minimum Gasteiger partial charge on any atom is -0.452 e. The van der Waals surface area contributed by atoms with Crippen molar-refractivity contribution in [1.29, 1.82) is 0 Å². The van der Waals surface area contributed by atoms with Crippen LogP contribution in [0.2, 0.25) is 0 Å². The fourth-order valence-corrected chi connectivity index (χ4v) is 0.732. The Bertz CT molecular complexity index is 304. The summed E-state index contributed by atoms with van der Waals surface area (Å²) in [6.07, 6.45) is -0.678. The molecular formula is C8H9FN2O2. The highest BCUT2D eigenvalue weighted by Crippen LogP contribution is 2.10. The van der Waals surface area contributed by atoms with Gasteiger partial charge in [0.05, 0.1) is 12.8 Å². The number of hydrogen-bond acceptors (Lipinski definition) is 3. The molecular weight excluding hydrogens is 175 g/mol. The van der Waals surface area contributed by atoms with Gasteiger partial charge in [-0.3, -0.25) is 5.43 Å². The first-order valence-electron chi connectivity index (χ1n) is 3.58. The lowest BCUT2D eigenvalue weighted by Gasteiger charge is -2.07. The Hall–Kier alpha value is -1.78. The van der Waals surface area contributed by atoms with Gasteiger partial charge in [0.2, 0.25) is 0 Å². The maximum absolute atomic E-state index is 12.9. The summed E-state index contributed by atoms with van der Waals surface area (Å²) in [5.74, 6) is -0.445. The van der Waals surface area contributed by atoms with Crippen LogP contribution in [0.1, 0.15) is 0 Å². The number of carbonyl (C=O) groups excluding carboxylic acids is 1. The van der Waals surface area contributed by atoms with Gasteiger partial charge in [-0.15, -0.1) is 0 Å². The number of nitrogens with one attached hydrogen (secondary N) is 2. The number of hydrazine groups is 1. The molecule has 0 unspecified atom stereocenters. The molecule has 1 aromatic carbocycles. The van der Waals surface area contributed by atoms with Crippen molar-refractivity contribution in [3.63, 3.8) is 0 Å². The highest BCUT2D eigenvalue weighted by Gasteiger charge is 2.01. The molecule has 0 radical (unpaired) electrons. The number of halogens is 1. The van der Waals surface area contributed by atoms with Gasteiger partial charge < -0.3 is 4.74 Å². The molecule has 0 saturated heterocycles. The van der Waals surface area contributed by atoms with Crippen LogP contribution < -0.4 is 10.9 Å². The van der Waals surface area contributed by atoms with E-state index >= 15 is 0 Å². The summed E-state index contributed by atoms with van der Waals surface area (Å²) in [6.45, 7) is 0. The Kier molecular flexibility index (Phi) is 3.08. The number of rotatable bonds is 2. The van der Waals surface area contributed by atoms with Crippen LogP contribution in [-0.4, -0.2) is 13.2 Å². The average Bonchev–Trinajstić information content (AvgIpc) is 2.16. The maximum atomic E-state index is 12.9. The third-order valence-electron chi connectivity index (χ3n) is 1.36. The van der Waals surface area contributed by atoms with E-state index in [1.165, 1.54) is 19.2 Å². The zero-order valence-corrected chi connectivity index (χ0v) is 7.00. The van der Waals surface area contributed by atoms with Gasteiger partial charge >= 0.3 is 6.09 Å². The van der Waals surface area contributed by atoms with E-state index < -0.39 is 11.9 Å². The topological polar surface area (TPSA) is 50.4 Å². The molecule has 0 aliphatic rings. The molecule has 0 atom stereocenters. The highest BCUT2D eigenvalue weighted by atomic mass is 19.1. The van der Waals surface area contributed by atoms with Crippen molar-refractivity contribution in [3.05, 3.63) is 30.1 Å². The van der Waals surface area contributed by atoms with Crippen molar-refractivity contribution in [2.45, 2.75) is 0 Å². The molecule has 2 N–H and O–H groups in total. The van der Waals surface area contributed by atoms with Crippen LogP contribution in [0, 0.1) is 5.82 Å². The third kappa shape index (κ3) is 2.62. The summed E-state index contributed by atoms with van der Waals surface area (Å²) in [6, 6.07) is 5.97. The Morgan fingerprint density at radius 2 is 2.15 bits per heavy atom. The first kappa shape index (κ1) is 9.31. The van der Waals surface area contributed by atoms with Crippen LogP contribution in [0.4, 0.5) is 14.9 Å². The van der Waals surface area contributed by atoms with E-state index in [2.05, 4.69) is 15.6 Å². The molecule has 4 nitrogen and oxygen atoms in total. The van der Waals surface area contributed by atoms with Crippen molar-refractivity contribution < 1.29 is 13.9 Å². The molecule has 5 heteroatoms. The normalized spacial score (nSPS) is 9.08. The molecule has 1 amide bonds. The molecule has 70 valence electrons. The van der Waals surface area contributed by atoms with E-state index in [1.807, 2.05) is 0 Å². The number of anilines is 1. The van der Waals surface area contributed by atoms with Gasteiger partial charge in [-0.05, 0) is 12.1 Å². The summed E-state index contributed by atoms with van der Waals surface area (Å²) >= 11 is 0. The Balaban J connectivity index is 2.54. The van der Waals surface area contributed by atoms with Crippen LogP contribution in [0.15, 0.2) is 24.3 Å². The molecule has 13 heavy (non-hydrogen) atoms. The van der Waals surface area contributed by atoms with E-state index in [-0.39, 0.29) is 5.69 Å². The van der Waals surface area contributed by atoms with Crippen LogP contribution in [0.25, 0.3) is 0 Å². The summed E-state index contributed by atoms with van der Waals surface area (Å²) in [5.41, 5.74) is 4.69. The summed E-state index contributed by atoms with van der Waals surface area (Å²) in [5, 5.41) is 0. The summed E-state index contributed by atoms with van der Waals surface area (Å²) < 4.78 is 17.2. The average molecular weight is 184 g/mol. The first-order chi connectivity index (χ1) is 6.24. The summed E-state index contributed by atoms with van der Waals surface area (Å²) in [4.78, 5) is 10.6. The second-order valence-electron chi connectivity index (χ2n) is 2.22. The van der Waals surface area contributed by atoms with E-state index in [1.54, 1.807) is 12.1 Å². The molecule has 0 aliphatic carbocycles. The molecule has 0 fully saturated rings. The van der Waals surface area contributed by atoms with Crippen molar-refractivity contribution in [2.24, 2.45) is 0 Å². The highest BCUT2D eigenvalue weighted by molar-refractivity contribution is 5.69. The molecule has 1 aromatic rings. The molecule has 0 aromatic heterocycles. The number of methoxy groups -OCH3 is 1. The Labute approximate surface area is 74.7 Å². The van der Waals surface area contributed by atoms with Crippen molar-refractivity contribution in [3.8, 4) is 0 Å². The standard InChI is InChI=1S/C8H9FN2O2/c1-13-8(12)11-10-7-5-3-2-4-6(7)9/h2-5,10H,1H3,(H,11,12). The van der Waals surface area contributed by atoms with Gasteiger partial charge in [-0.25, -0.2) is 14.6 Å². The number of carbonyl (C=O) groups is 1. The molecule has 0 heterocycles. The SMILES string of the molecule is COC(=O)NNc1ccccc1F. The van der Waals surface area contributed by atoms with Crippen molar-refractivity contribution in [2.75, 3.05) is 12.5 Å². The van der Waals surface area contributed by atoms with Gasteiger partial charge in [0.15, 0.2) is 0 Å². The van der Waals surface area contributed by atoms with Crippen LogP contribution in [0.3, 0.4) is 0 Å². The molecule has 0 spiro atoms. The number of para-hydroxylation sites is 1. The Morgan fingerprint density at radius 3 is 2.77 bits per heavy atom. The number of hydrogen-bond donors (Lipinski definition) is 2. The largest absolute Gasteiger partial charge is 0.452 e. The molecule has 0 bridgehead atoms. The molecule has 1 rings (SSSR count). The summed E-state index contributed by atoms with van der Waals surface area (Å²) in [7, 11) is 1.22. The van der Waals surface area contributed by atoms with Crippen LogP contribution in [-0.2, 0) is 4.74 Å². The molecule has 0 saturated carbocycles. The van der Waals surface area contributed by atoms with Gasteiger partial charge in [0.25, 0.3) is 0 Å². The second kappa shape index (κ2) is 4.30. The third-order valence-corrected chi connectivity index (χ3v) is 1.36. The second-order valence-corrected chi connectivity index (χ2v) is 2.22. The lowest BCUT2D eigenvalue weighted by atomic mass is 10.3. The molecule has 0 aliphatic heterocycles. The van der Waals surface area contributed by atoms with Gasteiger partial charge in [-0.2, -0.15) is 0 Å². The minimum atomic E-state index is -0.678. The quantitative estimate of drug-likeness (QED) is 0.685. The van der Waals surface area contributed by atoms with E-state index in [0.717, 1.165) is 0 Å². The fraction of sp³-hybridized carbons (Fsp3) is 0.125. The van der Waals surface area contributed by atoms with Gasteiger partial charge in [-0.1, -0.05) is 12.1 Å². The maximum Gasteiger partial charge on any atom is 0.425 e. The van der Waals surface area contributed by atoms with E-state index in [9.17, 15) is 9.18 Å². The van der Waals surface area contributed by atoms with E-state index in [4.69, 9.17) is 0 Å². The lowest BCUT2D eigenvalue weighted by molar-refractivity contribution is 0.173. The lowest BCUT2D eigenvalue weighted by Crippen LogP contribution is -2.29. The van der Waals surface area contributed by atoms with Gasteiger partial charge in [0, 0.05) is 0 Å². The van der Waals surface area contributed by atoms with Crippen molar-refractivity contribution >= 4 is 11.8 Å². The zero-order chi connectivity index (χ0) is 9.68. The number of amides is 1. The fourth-order valence-electron chi connectivity index (χ4n) is 0.732. The number of ether oxygens (including phenoxy) is 1. The zero-order valence-electron chi connectivity index (χ0n) is 7.00. The van der Waals surface area contributed by atoms with E-state index in [0.29, 0.717) is 0 Å². The predicted molar refractivity (Wildman–Crippen MR) is 45.6 cm³/mol. The number of benzene rings is 1. The Morgan fingerprint density at radius 1 is 1.46 bits per heavy atom. The van der Waals surface area contributed by atoms with Crippen LogP contribution in [0.5, 0.6) is 0 Å².